The van der Waals surface area contributed by atoms with E-state index in [0.29, 0.717) is 17.0 Å². The van der Waals surface area contributed by atoms with Crippen molar-refractivity contribution in [2.45, 2.75) is 26.2 Å². The fourth-order valence-corrected chi connectivity index (χ4v) is 2.50. The topological polar surface area (TPSA) is 85.6 Å². The van der Waals surface area contributed by atoms with Gasteiger partial charge in [0.2, 0.25) is 5.89 Å². The Bertz CT molecular complexity index is 1040. The highest BCUT2D eigenvalue weighted by Crippen LogP contribution is 2.29. The molecule has 0 atom stereocenters. The van der Waals surface area contributed by atoms with Gasteiger partial charge in [-0.05, 0) is 41.3 Å². The first-order chi connectivity index (χ1) is 12.4. The fourth-order valence-electron chi connectivity index (χ4n) is 2.50. The first-order valence-corrected chi connectivity index (χ1v) is 8.19. The summed E-state index contributed by atoms with van der Waals surface area (Å²) in [5, 5.41) is 20.5. The minimum Gasteiger partial charge on any atom is -0.436 e. The number of fused-ring (bicyclic) bond motifs is 1. The molecule has 0 unspecified atom stereocenters. The van der Waals surface area contributed by atoms with Crippen LogP contribution in [0.25, 0.3) is 22.6 Å². The third-order valence-corrected chi connectivity index (χ3v) is 4.01. The zero-order valence-electron chi connectivity index (χ0n) is 14.9. The molecule has 26 heavy (non-hydrogen) atoms. The van der Waals surface area contributed by atoms with Gasteiger partial charge in [0.25, 0.3) is 0 Å². The molecule has 0 amide bonds. The second-order valence-electron chi connectivity index (χ2n) is 6.95. The molecule has 0 saturated carbocycles. The molecule has 5 nitrogen and oxygen atoms in total. The van der Waals surface area contributed by atoms with E-state index < -0.39 is 0 Å². The maximum Gasteiger partial charge on any atom is 0.227 e. The lowest BCUT2D eigenvalue weighted by molar-refractivity contribution is 0.589. The average molecular weight is 342 g/mol. The molecule has 1 N–H and O–H groups in total. The number of allylic oxidation sites excluding steroid dienone is 1. The third-order valence-electron chi connectivity index (χ3n) is 4.01. The van der Waals surface area contributed by atoms with Crippen LogP contribution in [0.1, 0.15) is 26.3 Å². The Morgan fingerprint density at radius 3 is 2.38 bits per heavy atom. The van der Waals surface area contributed by atoms with Crippen molar-refractivity contribution in [1.82, 2.24) is 4.98 Å². The van der Waals surface area contributed by atoms with Crippen LogP contribution >= 0.6 is 0 Å². The summed E-state index contributed by atoms with van der Waals surface area (Å²) in [6.45, 7) is 6.53. The van der Waals surface area contributed by atoms with Crippen molar-refractivity contribution in [1.29, 1.82) is 10.5 Å². The first-order valence-electron chi connectivity index (χ1n) is 8.19. The number of hydrogen-bond donors (Lipinski definition) is 1. The van der Waals surface area contributed by atoms with Crippen LogP contribution in [0.3, 0.4) is 0 Å². The highest BCUT2D eigenvalue weighted by atomic mass is 16.3. The molecule has 2 aromatic carbocycles. The lowest BCUT2D eigenvalue weighted by Crippen LogP contribution is -2.10. The van der Waals surface area contributed by atoms with Gasteiger partial charge in [0, 0.05) is 17.5 Å². The van der Waals surface area contributed by atoms with E-state index in [0.717, 1.165) is 11.3 Å². The molecule has 0 saturated heterocycles. The highest BCUT2D eigenvalue weighted by molar-refractivity contribution is 5.80. The van der Waals surface area contributed by atoms with Crippen LogP contribution in [-0.4, -0.2) is 4.98 Å². The van der Waals surface area contributed by atoms with Crippen LogP contribution in [0, 0.1) is 22.7 Å². The van der Waals surface area contributed by atoms with Crippen molar-refractivity contribution in [3.05, 3.63) is 59.8 Å². The van der Waals surface area contributed by atoms with Crippen LogP contribution in [0.2, 0.25) is 0 Å². The van der Waals surface area contributed by atoms with Crippen molar-refractivity contribution < 1.29 is 4.42 Å². The van der Waals surface area contributed by atoms with Crippen molar-refractivity contribution in [2.24, 2.45) is 0 Å². The zero-order valence-corrected chi connectivity index (χ0v) is 14.9. The Balaban J connectivity index is 1.89. The largest absolute Gasteiger partial charge is 0.436 e. The van der Waals surface area contributed by atoms with Gasteiger partial charge < -0.3 is 9.73 Å². The molecule has 128 valence electrons. The summed E-state index contributed by atoms with van der Waals surface area (Å²) in [7, 11) is 0. The van der Waals surface area contributed by atoms with Crippen molar-refractivity contribution >= 4 is 16.8 Å². The normalized spacial score (nSPS) is 10.8. The van der Waals surface area contributed by atoms with Crippen molar-refractivity contribution in [3.8, 4) is 23.6 Å². The Kier molecular flexibility index (Phi) is 4.47. The molecule has 0 bridgehead atoms. The van der Waals surface area contributed by atoms with Gasteiger partial charge in [0.05, 0.1) is 0 Å². The number of oxazole rings is 1. The van der Waals surface area contributed by atoms with Gasteiger partial charge >= 0.3 is 0 Å². The summed E-state index contributed by atoms with van der Waals surface area (Å²) in [6.07, 6.45) is 1.37. The number of benzene rings is 2. The summed E-state index contributed by atoms with van der Waals surface area (Å²) in [5.41, 5.74) is 4.37. The van der Waals surface area contributed by atoms with E-state index in [4.69, 9.17) is 14.9 Å². The molecule has 5 heteroatoms. The van der Waals surface area contributed by atoms with Gasteiger partial charge in [-0.25, -0.2) is 4.98 Å². The monoisotopic (exact) mass is 342 g/mol. The Hall–Kier alpha value is -3.57. The highest BCUT2D eigenvalue weighted by Gasteiger charge is 2.14. The standard InChI is InChI=1S/C21H18N4O/c1-21(2,3)16-6-4-15(5-7-16)20-25-18-10-17(8-9-19(18)26-20)24-13-14(11-22)12-23/h4-10,13,24H,1-3H3. The molecular weight excluding hydrogens is 324 g/mol. The van der Waals surface area contributed by atoms with E-state index in [1.165, 1.54) is 11.8 Å². The molecule has 0 spiro atoms. The first kappa shape index (κ1) is 17.3. The lowest BCUT2D eigenvalue weighted by Gasteiger charge is -2.18. The number of rotatable bonds is 3. The number of anilines is 1. The Morgan fingerprint density at radius 2 is 1.77 bits per heavy atom. The second-order valence-corrected chi connectivity index (χ2v) is 6.95. The molecule has 0 radical (unpaired) electrons. The van der Waals surface area contributed by atoms with E-state index in [1.54, 1.807) is 12.1 Å². The van der Waals surface area contributed by atoms with Gasteiger partial charge in [-0.2, -0.15) is 10.5 Å². The molecule has 0 fully saturated rings. The summed E-state index contributed by atoms with van der Waals surface area (Å²) in [6, 6.07) is 17.2. The van der Waals surface area contributed by atoms with Crippen LogP contribution in [-0.2, 0) is 5.41 Å². The summed E-state index contributed by atoms with van der Waals surface area (Å²) >= 11 is 0. The molecule has 0 aliphatic heterocycles. The van der Waals surface area contributed by atoms with Gasteiger partial charge in [-0.1, -0.05) is 32.9 Å². The average Bonchev–Trinajstić information content (AvgIpc) is 3.05. The van der Waals surface area contributed by atoms with Crippen LogP contribution < -0.4 is 5.32 Å². The quantitative estimate of drug-likeness (QED) is 0.666. The van der Waals surface area contributed by atoms with Crippen LogP contribution in [0.15, 0.2) is 58.7 Å². The van der Waals surface area contributed by atoms with Gasteiger partial charge in [0.15, 0.2) is 5.58 Å². The number of hydrogen-bond acceptors (Lipinski definition) is 5. The minimum absolute atomic E-state index is 0.00452. The van der Waals surface area contributed by atoms with E-state index in [1.807, 2.05) is 30.3 Å². The molecule has 3 aromatic rings. The van der Waals surface area contributed by atoms with Gasteiger partial charge in [-0.3, -0.25) is 0 Å². The molecule has 1 aromatic heterocycles. The van der Waals surface area contributed by atoms with Crippen LogP contribution in [0.5, 0.6) is 0 Å². The SMILES string of the molecule is CC(C)(C)c1ccc(-c2nc3cc(NC=C(C#N)C#N)ccc3o2)cc1. The second kappa shape index (κ2) is 6.74. The predicted molar refractivity (Wildman–Crippen MR) is 101 cm³/mol. The van der Waals surface area contributed by atoms with E-state index in [-0.39, 0.29) is 11.0 Å². The molecule has 3 rings (SSSR count). The van der Waals surface area contributed by atoms with Gasteiger partial charge in [-0.15, -0.1) is 0 Å². The smallest absolute Gasteiger partial charge is 0.227 e. The number of aromatic nitrogens is 1. The lowest BCUT2D eigenvalue weighted by atomic mass is 9.87. The third kappa shape index (κ3) is 3.58. The van der Waals surface area contributed by atoms with E-state index >= 15 is 0 Å². The van der Waals surface area contributed by atoms with Crippen LogP contribution in [0.4, 0.5) is 5.69 Å². The molecular formula is C21H18N4O. The van der Waals surface area contributed by atoms with E-state index in [2.05, 4.69) is 43.2 Å². The molecule has 0 aliphatic rings. The summed E-state index contributed by atoms with van der Waals surface area (Å²) in [4.78, 5) is 4.55. The molecule has 0 aliphatic carbocycles. The number of nitrogens with one attached hydrogen (secondary N) is 1. The fraction of sp³-hybridized carbons (Fsp3) is 0.190. The maximum atomic E-state index is 8.77. The Labute approximate surface area is 152 Å². The Morgan fingerprint density at radius 1 is 1.08 bits per heavy atom. The number of nitriles is 2. The van der Waals surface area contributed by atoms with E-state index in [9.17, 15) is 0 Å². The maximum absolute atomic E-state index is 8.77. The predicted octanol–water partition coefficient (Wildman–Crippen LogP) is 5.14. The number of nitrogens with zero attached hydrogens (tertiary/aromatic N) is 3. The van der Waals surface area contributed by atoms with Gasteiger partial charge in [0.1, 0.15) is 23.2 Å². The van der Waals surface area contributed by atoms with Crippen molar-refractivity contribution in [2.75, 3.05) is 5.32 Å². The zero-order chi connectivity index (χ0) is 18.7. The summed E-state index contributed by atoms with van der Waals surface area (Å²) < 4.78 is 5.84. The molecule has 1 heterocycles. The minimum atomic E-state index is 0.00452. The van der Waals surface area contributed by atoms with Crippen molar-refractivity contribution in [3.63, 3.8) is 0 Å². The summed E-state index contributed by atoms with van der Waals surface area (Å²) in [5.74, 6) is 0.558.